The fraction of sp³-hybridized carbons (Fsp3) is 0.476. The highest BCUT2D eigenvalue weighted by atomic mass is 32.1. The second kappa shape index (κ2) is 10.2. The Morgan fingerprint density at radius 2 is 1.93 bits per heavy atom. The van der Waals surface area contributed by atoms with Gasteiger partial charge in [0.05, 0.1) is 14.2 Å². The van der Waals surface area contributed by atoms with Crippen LogP contribution in [0, 0.1) is 5.92 Å². The van der Waals surface area contributed by atoms with Gasteiger partial charge in [0.15, 0.2) is 16.6 Å². The minimum atomic E-state index is -0.246. The number of hydrogen-bond donors (Lipinski definition) is 1. The molecule has 29 heavy (non-hydrogen) atoms. The van der Waals surface area contributed by atoms with Gasteiger partial charge in [-0.15, -0.1) is 11.3 Å². The first kappa shape index (κ1) is 21.1. The van der Waals surface area contributed by atoms with Crippen molar-refractivity contribution in [1.82, 2.24) is 9.88 Å². The van der Waals surface area contributed by atoms with E-state index >= 15 is 0 Å². The zero-order chi connectivity index (χ0) is 20.6. The Labute approximate surface area is 175 Å². The highest BCUT2D eigenvalue weighted by Crippen LogP contribution is 2.29. The van der Waals surface area contributed by atoms with Gasteiger partial charge >= 0.3 is 0 Å². The number of hydrogen-bond acceptors (Lipinski definition) is 6. The van der Waals surface area contributed by atoms with E-state index < -0.39 is 0 Å². The quantitative estimate of drug-likeness (QED) is 0.706. The molecule has 156 valence electrons. The van der Waals surface area contributed by atoms with Crippen LogP contribution in [-0.4, -0.2) is 49.0 Å². The zero-order valence-electron chi connectivity index (χ0n) is 16.8. The summed E-state index contributed by atoms with van der Waals surface area (Å²) in [4.78, 5) is 31.5. The van der Waals surface area contributed by atoms with Gasteiger partial charge in [-0.25, -0.2) is 4.98 Å². The van der Waals surface area contributed by atoms with Gasteiger partial charge in [0.2, 0.25) is 5.91 Å². The molecule has 1 saturated carbocycles. The van der Waals surface area contributed by atoms with E-state index in [1.165, 1.54) is 37.7 Å². The lowest BCUT2D eigenvalue weighted by atomic mass is 9.89. The molecule has 0 spiro atoms. The number of thiazole rings is 1. The lowest BCUT2D eigenvalue weighted by Gasteiger charge is -2.29. The third-order valence-corrected chi connectivity index (χ3v) is 5.82. The molecule has 0 atom stereocenters. The van der Waals surface area contributed by atoms with Gasteiger partial charge in [0.25, 0.3) is 5.91 Å². The Balaban J connectivity index is 1.77. The van der Waals surface area contributed by atoms with Gasteiger partial charge in [-0.05, 0) is 37.0 Å². The maximum absolute atomic E-state index is 13.3. The topological polar surface area (TPSA) is 80.8 Å². The lowest BCUT2D eigenvalue weighted by Crippen LogP contribution is -2.41. The van der Waals surface area contributed by atoms with E-state index in [1.807, 2.05) is 0 Å². The summed E-state index contributed by atoms with van der Waals surface area (Å²) in [5.74, 6) is 1.03. The van der Waals surface area contributed by atoms with E-state index in [1.54, 1.807) is 41.8 Å². The summed E-state index contributed by atoms with van der Waals surface area (Å²) in [6.45, 7) is 0.557. The summed E-state index contributed by atoms with van der Waals surface area (Å²) in [6.07, 6.45) is 7.40. The third kappa shape index (κ3) is 5.69. The number of carbonyl (C=O) groups excluding carboxylic acids is 2. The molecule has 0 unspecified atom stereocenters. The van der Waals surface area contributed by atoms with Crippen molar-refractivity contribution in [2.75, 3.05) is 32.6 Å². The van der Waals surface area contributed by atoms with Gasteiger partial charge in [-0.3, -0.25) is 9.59 Å². The Hall–Kier alpha value is -2.61. The molecule has 1 aromatic carbocycles. The van der Waals surface area contributed by atoms with E-state index in [-0.39, 0.29) is 18.4 Å². The van der Waals surface area contributed by atoms with Crippen molar-refractivity contribution >= 4 is 28.3 Å². The number of ether oxygens (including phenoxy) is 2. The molecule has 1 aromatic heterocycles. The molecule has 0 bridgehead atoms. The van der Waals surface area contributed by atoms with Crippen LogP contribution in [0.1, 0.15) is 42.5 Å². The maximum atomic E-state index is 13.3. The SMILES string of the molecule is COc1ccc(C(=O)N(CC(=O)Nc2nccs2)CC2CCCCC2)cc1OC. The van der Waals surface area contributed by atoms with Crippen molar-refractivity contribution in [3.63, 3.8) is 0 Å². The Bertz CT molecular complexity index is 819. The van der Waals surface area contributed by atoms with Crippen LogP contribution in [0.4, 0.5) is 5.13 Å². The molecule has 0 saturated heterocycles. The van der Waals surface area contributed by atoms with Gasteiger partial charge in [-0.1, -0.05) is 19.3 Å². The first-order valence-corrected chi connectivity index (χ1v) is 10.7. The van der Waals surface area contributed by atoms with E-state index in [9.17, 15) is 9.59 Å². The number of carbonyl (C=O) groups is 2. The Kier molecular flexibility index (Phi) is 7.46. The van der Waals surface area contributed by atoms with Crippen LogP contribution in [0.15, 0.2) is 29.8 Å². The number of anilines is 1. The van der Waals surface area contributed by atoms with Crippen LogP contribution in [0.2, 0.25) is 0 Å². The average molecular weight is 418 g/mol. The number of nitrogens with one attached hydrogen (secondary N) is 1. The normalized spacial score (nSPS) is 14.3. The van der Waals surface area contributed by atoms with Gasteiger partial charge in [0, 0.05) is 23.7 Å². The monoisotopic (exact) mass is 417 g/mol. The van der Waals surface area contributed by atoms with Crippen molar-refractivity contribution in [2.45, 2.75) is 32.1 Å². The summed E-state index contributed by atoms with van der Waals surface area (Å²) < 4.78 is 10.6. The third-order valence-electron chi connectivity index (χ3n) is 5.13. The summed E-state index contributed by atoms with van der Waals surface area (Å²) >= 11 is 1.35. The number of nitrogens with zero attached hydrogens (tertiary/aromatic N) is 2. The molecule has 1 N–H and O–H groups in total. The van der Waals surface area contributed by atoms with Crippen molar-refractivity contribution in [1.29, 1.82) is 0 Å². The molecule has 0 radical (unpaired) electrons. The highest BCUT2D eigenvalue weighted by molar-refractivity contribution is 7.13. The van der Waals surface area contributed by atoms with E-state index in [2.05, 4.69) is 10.3 Å². The minimum absolute atomic E-state index is 0.0107. The van der Waals surface area contributed by atoms with Crippen molar-refractivity contribution in [3.05, 3.63) is 35.3 Å². The van der Waals surface area contributed by atoms with E-state index in [0.29, 0.717) is 34.7 Å². The summed E-state index contributed by atoms with van der Waals surface area (Å²) in [5, 5.41) is 5.10. The smallest absolute Gasteiger partial charge is 0.254 e. The van der Waals surface area contributed by atoms with Gasteiger partial charge in [-0.2, -0.15) is 0 Å². The second-order valence-electron chi connectivity index (χ2n) is 7.14. The van der Waals surface area contributed by atoms with Crippen LogP contribution in [-0.2, 0) is 4.79 Å². The molecular formula is C21H27N3O4S. The number of amides is 2. The first-order chi connectivity index (χ1) is 14.1. The van der Waals surface area contributed by atoms with Crippen LogP contribution < -0.4 is 14.8 Å². The van der Waals surface area contributed by atoms with Gasteiger partial charge in [0.1, 0.15) is 6.54 Å². The van der Waals surface area contributed by atoms with Crippen LogP contribution in [0.3, 0.4) is 0 Å². The minimum Gasteiger partial charge on any atom is -0.493 e. The summed E-state index contributed by atoms with van der Waals surface area (Å²) in [7, 11) is 3.09. The predicted molar refractivity (Wildman–Crippen MR) is 113 cm³/mol. The largest absolute Gasteiger partial charge is 0.493 e. The van der Waals surface area contributed by atoms with Crippen LogP contribution >= 0.6 is 11.3 Å². The van der Waals surface area contributed by atoms with Crippen LogP contribution in [0.25, 0.3) is 0 Å². The molecular weight excluding hydrogens is 390 g/mol. The molecule has 3 rings (SSSR count). The van der Waals surface area contributed by atoms with E-state index in [4.69, 9.17) is 9.47 Å². The summed E-state index contributed by atoms with van der Waals surface area (Å²) in [5.41, 5.74) is 0.473. The van der Waals surface area contributed by atoms with Gasteiger partial charge < -0.3 is 19.7 Å². The highest BCUT2D eigenvalue weighted by Gasteiger charge is 2.25. The molecule has 8 heteroatoms. The fourth-order valence-corrected chi connectivity index (χ4v) is 4.21. The average Bonchev–Trinajstić information content (AvgIpc) is 3.25. The molecule has 1 aliphatic carbocycles. The number of aromatic nitrogens is 1. The van der Waals surface area contributed by atoms with Crippen molar-refractivity contribution in [2.24, 2.45) is 5.92 Å². The van der Waals surface area contributed by atoms with Crippen molar-refractivity contribution < 1.29 is 19.1 Å². The Morgan fingerprint density at radius 3 is 2.59 bits per heavy atom. The zero-order valence-corrected chi connectivity index (χ0v) is 17.7. The molecule has 7 nitrogen and oxygen atoms in total. The van der Waals surface area contributed by atoms with Crippen LogP contribution in [0.5, 0.6) is 11.5 Å². The molecule has 1 aliphatic rings. The number of benzene rings is 1. The fourth-order valence-electron chi connectivity index (χ4n) is 3.67. The molecule has 2 aromatic rings. The molecule has 1 fully saturated rings. The van der Waals surface area contributed by atoms with E-state index in [0.717, 1.165) is 12.8 Å². The standard InChI is InChI=1S/C21H27N3O4S/c1-27-17-9-8-16(12-18(17)28-2)20(26)24(13-15-6-4-3-5-7-15)14-19(25)23-21-22-10-11-29-21/h8-12,15H,3-7,13-14H2,1-2H3,(H,22,23,25). The summed E-state index contributed by atoms with van der Waals surface area (Å²) in [6, 6.07) is 5.07. The first-order valence-electron chi connectivity index (χ1n) is 9.81. The molecule has 1 heterocycles. The predicted octanol–water partition coefficient (Wildman–Crippen LogP) is 3.82. The molecule has 0 aliphatic heterocycles. The maximum Gasteiger partial charge on any atom is 0.254 e. The number of rotatable bonds is 8. The molecule has 2 amide bonds. The number of methoxy groups -OCH3 is 2. The second-order valence-corrected chi connectivity index (χ2v) is 8.04. The Morgan fingerprint density at radius 1 is 1.17 bits per heavy atom. The van der Waals surface area contributed by atoms with Crippen molar-refractivity contribution in [3.8, 4) is 11.5 Å². The lowest BCUT2D eigenvalue weighted by molar-refractivity contribution is -0.117.